The predicted octanol–water partition coefficient (Wildman–Crippen LogP) is 4.68. The van der Waals surface area contributed by atoms with Gasteiger partial charge in [0.1, 0.15) is 0 Å². The molecule has 1 aliphatic heterocycles. The highest BCUT2D eigenvalue weighted by molar-refractivity contribution is 8.15. The van der Waals surface area contributed by atoms with Crippen molar-refractivity contribution < 1.29 is 0 Å². The van der Waals surface area contributed by atoms with Crippen LogP contribution in [0.3, 0.4) is 0 Å². The van der Waals surface area contributed by atoms with Crippen molar-refractivity contribution >= 4 is 45.8 Å². The second-order valence-corrected chi connectivity index (χ2v) is 6.06. The van der Waals surface area contributed by atoms with Crippen LogP contribution in [0.1, 0.15) is 19.8 Å². The summed E-state index contributed by atoms with van der Waals surface area (Å²) in [7, 11) is 0. The fourth-order valence-corrected chi connectivity index (χ4v) is 3.14. The molecule has 1 N–H and O–H groups in total. The van der Waals surface area contributed by atoms with E-state index in [2.05, 4.69) is 17.2 Å². The molecule has 0 aliphatic carbocycles. The molecule has 1 aromatic carbocycles. The summed E-state index contributed by atoms with van der Waals surface area (Å²) in [6, 6.07) is 5.38. The predicted molar refractivity (Wildman–Crippen MR) is 78.7 cm³/mol. The molecular formula is C12H14Cl2N2S. The number of thioether (sulfide) groups is 1. The van der Waals surface area contributed by atoms with Crippen molar-refractivity contribution in [2.24, 2.45) is 4.99 Å². The lowest BCUT2D eigenvalue weighted by Crippen LogP contribution is -2.07. The molecule has 0 saturated carbocycles. The monoisotopic (exact) mass is 288 g/mol. The van der Waals surface area contributed by atoms with Crippen LogP contribution in [-0.4, -0.2) is 17.0 Å². The summed E-state index contributed by atoms with van der Waals surface area (Å²) < 4.78 is 0. The molecule has 0 aromatic heterocycles. The van der Waals surface area contributed by atoms with Crippen LogP contribution in [0, 0.1) is 0 Å². The molecule has 1 heterocycles. The average Bonchev–Trinajstić information content (AvgIpc) is 2.72. The Morgan fingerprint density at radius 2 is 2.29 bits per heavy atom. The van der Waals surface area contributed by atoms with Crippen molar-refractivity contribution in [3.8, 4) is 0 Å². The van der Waals surface area contributed by atoms with Crippen molar-refractivity contribution in [3.63, 3.8) is 0 Å². The van der Waals surface area contributed by atoms with Crippen LogP contribution >= 0.6 is 35.0 Å². The fourth-order valence-electron chi connectivity index (χ4n) is 1.67. The van der Waals surface area contributed by atoms with E-state index in [1.54, 1.807) is 23.9 Å². The molecule has 5 heteroatoms. The second kappa shape index (κ2) is 5.98. The van der Waals surface area contributed by atoms with Gasteiger partial charge in [0, 0.05) is 10.3 Å². The summed E-state index contributed by atoms with van der Waals surface area (Å²) in [5.74, 6) is 0. The van der Waals surface area contributed by atoms with Crippen molar-refractivity contribution in [2.45, 2.75) is 25.0 Å². The van der Waals surface area contributed by atoms with E-state index in [-0.39, 0.29) is 0 Å². The minimum absolute atomic E-state index is 0.598. The van der Waals surface area contributed by atoms with E-state index in [1.807, 2.05) is 6.07 Å². The molecule has 0 radical (unpaired) electrons. The molecule has 2 nitrogen and oxygen atoms in total. The number of hydrogen-bond acceptors (Lipinski definition) is 3. The van der Waals surface area contributed by atoms with Crippen molar-refractivity contribution in [3.05, 3.63) is 28.2 Å². The quantitative estimate of drug-likeness (QED) is 0.874. The first-order valence-electron chi connectivity index (χ1n) is 5.62. The number of benzene rings is 1. The number of hydrogen-bond donors (Lipinski definition) is 1. The highest BCUT2D eigenvalue weighted by atomic mass is 35.5. The van der Waals surface area contributed by atoms with Gasteiger partial charge < -0.3 is 5.32 Å². The molecule has 92 valence electrons. The largest absolute Gasteiger partial charge is 0.334 e. The summed E-state index contributed by atoms with van der Waals surface area (Å²) >= 11 is 13.8. The first kappa shape index (κ1) is 13.1. The van der Waals surface area contributed by atoms with Crippen LogP contribution in [0.25, 0.3) is 0 Å². The smallest absolute Gasteiger partial charge is 0.161 e. The Labute approximate surface area is 116 Å². The number of anilines is 1. The SMILES string of the molecule is CCCC1CN=C(Nc2cc(Cl)ccc2Cl)S1. The highest BCUT2D eigenvalue weighted by Gasteiger charge is 2.19. The molecule has 0 fully saturated rings. The normalized spacial score (nSPS) is 19.2. The molecule has 1 atom stereocenters. The molecule has 17 heavy (non-hydrogen) atoms. The maximum absolute atomic E-state index is 6.09. The molecule has 0 amide bonds. The number of nitrogens with zero attached hydrogens (tertiary/aromatic N) is 1. The summed E-state index contributed by atoms with van der Waals surface area (Å²) in [6.45, 7) is 3.08. The first-order valence-corrected chi connectivity index (χ1v) is 7.25. The summed E-state index contributed by atoms with van der Waals surface area (Å²) in [5, 5.41) is 6.11. The zero-order chi connectivity index (χ0) is 12.3. The van der Waals surface area contributed by atoms with Gasteiger partial charge in [0.2, 0.25) is 0 Å². The number of aliphatic imine (C=N–C) groups is 1. The number of amidine groups is 1. The Hall–Kier alpha value is -0.380. The van der Waals surface area contributed by atoms with Crippen LogP contribution in [0.4, 0.5) is 5.69 Å². The van der Waals surface area contributed by atoms with Gasteiger partial charge in [0.15, 0.2) is 5.17 Å². The van der Waals surface area contributed by atoms with E-state index < -0.39 is 0 Å². The Morgan fingerprint density at radius 1 is 1.47 bits per heavy atom. The Bertz CT molecular complexity index is 435. The number of halogens is 2. The van der Waals surface area contributed by atoms with E-state index in [1.165, 1.54) is 12.8 Å². The topological polar surface area (TPSA) is 24.4 Å². The molecule has 1 unspecified atom stereocenters. The Morgan fingerprint density at radius 3 is 3.06 bits per heavy atom. The zero-order valence-electron chi connectivity index (χ0n) is 9.54. The average molecular weight is 289 g/mol. The van der Waals surface area contributed by atoms with Crippen molar-refractivity contribution in [1.29, 1.82) is 0 Å². The lowest BCUT2D eigenvalue weighted by molar-refractivity contribution is 0.754. The third-order valence-corrected chi connectivity index (χ3v) is 4.23. The Balaban J connectivity index is 2.00. The lowest BCUT2D eigenvalue weighted by atomic mass is 10.2. The number of rotatable bonds is 3. The molecule has 1 aliphatic rings. The second-order valence-electron chi connectivity index (χ2n) is 3.92. The summed E-state index contributed by atoms with van der Waals surface area (Å²) in [4.78, 5) is 4.47. The molecule has 0 bridgehead atoms. The van der Waals surface area contributed by atoms with Gasteiger partial charge in [-0.25, -0.2) is 0 Å². The lowest BCUT2D eigenvalue weighted by Gasteiger charge is -2.09. The molecule has 0 saturated heterocycles. The van der Waals surface area contributed by atoms with E-state index in [4.69, 9.17) is 23.2 Å². The third-order valence-electron chi connectivity index (χ3n) is 2.50. The van der Waals surface area contributed by atoms with Gasteiger partial charge >= 0.3 is 0 Å². The minimum atomic E-state index is 0.598. The van der Waals surface area contributed by atoms with Gasteiger partial charge in [-0.3, -0.25) is 4.99 Å². The van der Waals surface area contributed by atoms with Gasteiger partial charge in [-0.05, 0) is 24.6 Å². The van der Waals surface area contributed by atoms with Crippen molar-refractivity contribution in [2.75, 3.05) is 11.9 Å². The van der Waals surface area contributed by atoms with E-state index in [0.717, 1.165) is 17.4 Å². The van der Waals surface area contributed by atoms with E-state index >= 15 is 0 Å². The maximum Gasteiger partial charge on any atom is 0.161 e. The number of nitrogens with one attached hydrogen (secondary N) is 1. The van der Waals surface area contributed by atoms with Crippen LogP contribution in [0.15, 0.2) is 23.2 Å². The van der Waals surface area contributed by atoms with Crippen LogP contribution < -0.4 is 5.32 Å². The zero-order valence-corrected chi connectivity index (χ0v) is 11.9. The minimum Gasteiger partial charge on any atom is -0.334 e. The van der Waals surface area contributed by atoms with E-state index in [9.17, 15) is 0 Å². The molecule has 2 rings (SSSR count). The van der Waals surface area contributed by atoms with Crippen LogP contribution in [-0.2, 0) is 0 Å². The summed E-state index contributed by atoms with van der Waals surface area (Å²) in [5.41, 5.74) is 0.822. The van der Waals surface area contributed by atoms with Gasteiger partial charge in [-0.2, -0.15) is 0 Å². The van der Waals surface area contributed by atoms with E-state index in [0.29, 0.717) is 15.3 Å². The highest BCUT2D eigenvalue weighted by Crippen LogP contribution is 2.30. The van der Waals surface area contributed by atoms with Gasteiger partial charge in [-0.1, -0.05) is 48.3 Å². The fraction of sp³-hybridized carbons (Fsp3) is 0.417. The van der Waals surface area contributed by atoms with Gasteiger partial charge in [-0.15, -0.1) is 0 Å². The Kier molecular flexibility index (Phi) is 4.60. The van der Waals surface area contributed by atoms with Crippen molar-refractivity contribution in [1.82, 2.24) is 0 Å². The summed E-state index contributed by atoms with van der Waals surface area (Å²) in [6.07, 6.45) is 2.39. The molecule has 1 aromatic rings. The third kappa shape index (κ3) is 3.54. The standard InChI is InChI=1S/C12H14Cl2N2S/c1-2-3-9-7-15-12(17-9)16-11-6-8(13)4-5-10(11)14/h4-6,9H,2-3,7H2,1H3,(H,15,16). The molecule has 0 spiro atoms. The van der Waals surface area contributed by atoms with Gasteiger partial charge in [0.05, 0.1) is 17.3 Å². The molecular weight excluding hydrogens is 275 g/mol. The van der Waals surface area contributed by atoms with Crippen LogP contribution in [0.5, 0.6) is 0 Å². The van der Waals surface area contributed by atoms with Crippen LogP contribution in [0.2, 0.25) is 10.0 Å². The maximum atomic E-state index is 6.09. The first-order chi connectivity index (χ1) is 8.19. The van der Waals surface area contributed by atoms with Gasteiger partial charge in [0.25, 0.3) is 0 Å².